The molecule has 0 unspecified atom stereocenters. The zero-order valence-electron chi connectivity index (χ0n) is 9.17. The van der Waals surface area contributed by atoms with Gasteiger partial charge < -0.3 is 5.73 Å². The molecule has 0 bridgehead atoms. The van der Waals surface area contributed by atoms with Crippen molar-refractivity contribution < 1.29 is 13.2 Å². The van der Waals surface area contributed by atoms with E-state index >= 15 is 0 Å². The van der Waals surface area contributed by atoms with Crippen molar-refractivity contribution in [3.05, 3.63) is 23.9 Å². The number of nitrogens with one attached hydrogen (secondary N) is 1. The van der Waals surface area contributed by atoms with E-state index in [0.29, 0.717) is 5.57 Å². The number of nitrogens with zero attached hydrogens (tertiary/aromatic N) is 1. The van der Waals surface area contributed by atoms with Crippen LogP contribution in [0, 0.1) is 0 Å². The zero-order valence-corrected chi connectivity index (χ0v) is 9.99. The number of nitrogens with two attached hydrogens (primary N) is 1. The third-order valence-electron chi connectivity index (χ3n) is 2.14. The second kappa shape index (κ2) is 4.67. The number of primary amides is 1. The zero-order chi connectivity index (χ0) is 12.3. The monoisotopic (exact) mass is 245 g/mol. The van der Waals surface area contributed by atoms with Crippen molar-refractivity contribution in [1.82, 2.24) is 9.62 Å². The van der Waals surface area contributed by atoms with E-state index in [1.165, 1.54) is 10.5 Å². The summed E-state index contributed by atoms with van der Waals surface area (Å²) >= 11 is 0. The minimum atomic E-state index is -3.32. The van der Waals surface area contributed by atoms with Gasteiger partial charge in [0.15, 0.2) is 0 Å². The van der Waals surface area contributed by atoms with Gasteiger partial charge in [-0.25, -0.2) is 8.42 Å². The van der Waals surface area contributed by atoms with Gasteiger partial charge in [0, 0.05) is 6.20 Å². The van der Waals surface area contributed by atoms with E-state index < -0.39 is 22.1 Å². The standard InChI is InChI=1S/C9H15N3O3S/c1-11-9-6-7(5-8(10)13)3-4-12(9)16(2,14)15/h3-4,6,9,11H,5H2,1-2H3,(H2,10,13)/t9-/m0/s1. The molecule has 3 N–H and O–H groups in total. The maximum absolute atomic E-state index is 11.4. The predicted octanol–water partition coefficient (Wildman–Crippen LogP) is -0.877. The van der Waals surface area contributed by atoms with Crippen molar-refractivity contribution in [3.8, 4) is 0 Å². The van der Waals surface area contributed by atoms with Gasteiger partial charge in [-0.15, -0.1) is 0 Å². The Labute approximate surface area is 94.8 Å². The van der Waals surface area contributed by atoms with E-state index in [1.54, 1.807) is 19.2 Å². The Morgan fingerprint density at radius 2 is 2.25 bits per heavy atom. The second-order valence-corrected chi connectivity index (χ2v) is 5.41. The maximum Gasteiger partial charge on any atom is 0.233 e. The number of likely N-dealkylation sites (N-methyl/N-ethyl adjacent to an activating group) is 1. The number of allylic oxidation sites excluding steroid dienone is 1. The molecule has 90 valence electrons. The lowest BCUT2D eigenvalue weighted by Crippen LogP contribution is -2.44. The van der Waals surface area contributed by atoms with E-state index in [2.05, 4.69) is 5.32 Å². The summed E-state index contributed by atoms with van der Waals surface area (Å²) in [4.78, 5) is 10.7. The van der Waals surface area contributed by atoms with Gasteiger partial charge >= 0.3 is 0 Å². The number of carbonyl (C=O) groups excluding carboxylic acids is 1. The average molecular weight is 245 g/mol. The number of amides is 1. The second-order valence-electron chi connectivity index (χ2n) is 3.53. The van der Waals surface area contributed by atoms with Gasteiger partial charge in [0.25, 0.3) is 0 Å². The fourth-order valence-corrected chi connectivity index (χ4v) is 2.30. The van der Waals surface area contributed by atoms with Crippen LogP contribution in [0.2, 0.25) is 0 Å². The summed E-state index contributed by atoms with van der Waals surface area (Å²) in [6.07, 6.45) is 5.40. The van der Waals surface area contributed by atoms with E-state index in [1.807, 2.05) is 0 Å². The molecule has 0 aromatic rings. The maximum atomic E-state index is 11.4. The molecule has 0 saturated carbocycles. The molecule has 1 rings (SSSR count). The molecule has 0 saturated heterocycles. The lowest BCUT2D eigenvalue weighted by Gasteiger charge is -2.29. The Balaban J connectivity index is 2.92. The van der Waals surface area contributed by atoms with E-state index in [4.69, 9.17) is 5.73 Å². The van der Waals surface area contributed by atoms with Crippen molar-refractivity contribution in [1.29, 1.82) is 0 Å². The van der Waals surface area contributed by atoms with Crippen molar-refractivity contribution in [2.24, 2.45) is 5.73 Å². The van der Waals surface area contributed by atoms with Crippen LogP contribution in [-0.4, -0.2) is 38.1 Å². The van der Waals surface area contributed by atoms with Gasteiger partial charge in [0.2, 0.25) is 15.9 Å². The minimum Gasteiger partial charge on any atom is -0.369 e. The number of carbonyl (C=O) groups is 1. The lowest BCUT2D eigenvalue weighted by molar-refractivity contribution is -0.117. The smallest absolute Gasteiger partial charge is 0.233 e. The van der Waals surface area contributed by atoms with E-state index in [-0.39, 0.29) is 6.42 Å². The van der Waals surface area contributed by atoms with Crippen LogP contribution in [0.3, 0.4) is 0 Å². The lowest BCUT2D eigenvalue weighted by atomic mass is 10.1. The first kappa shape index (κ1) is 12.7. The minimum absolute atomic E-state index is 0.103. The van der Waals surface area contributed by atoms with Crippen molar-refractivity contribution >= 4 is 15.9 Å². The summed E-state index contributed by atoms with van der Waals surface area (Å²) < 4.78 is 24.0. The Bertz CT molecular complexity index is 439. The quantitative estimate of drug-likeness (QED) is 0.673. The first-order chi connectivity index (χ1) is 7.34. The molecule has 0 aliphatic carbocycles. The molecule has 1 atom stereocenters. The third kappa shape index (κ3) is 3.07. The Hall–Kier alpha value is -1.34. The summed E-state index contributed by atoms with van der Waals surface area (Å²) in [5, 5.41) is 2.83. The molecule has 0 spiro atoms. The number of hydrogen-bond donors (Lipinski definition) is 2. The van der Waals surface area contributed by atoms with Crippen LogP contribution in [0.5, 0.6) is 0 Å². The van der Waals surface area contributed by atoms with E-state index in [0.717, 1.165) is 6.26 Å². The fourth-order valence-electron chi connectivity index (χ4n) is 1.44. The SMILES string of the molecule is CN[C@@H]1C=C(CC(N)=O)C=CN1S(C)(=O)=O. The first-order valence-electron chi connectivity index (χ1n) is 4.67. The first-order valence-corrected chi connectivity index (χ1v) is 6.52. The van der Waals surface area contributed by atoms with Crippen molar-refractivity contribution in [2.75, 3.05) is 13.3 Å². The molecule has 0 aromatic heterocycles. The van der Waals surface area contributed by atoms with E-state index in [9.17, 15) is 13.2 Å². The molecule has 0 fully saturated rings. The number of rotatable bonds is 4. The van der Waals surface area contributed by atoms with Gasteiger partial charge in [-0.3, -0.25) is 14.4 Å². The highest BCUT2D eigenvalue weighted by Crippen LogP contribution is 2.17. The highest BCUT2D eigenvalue weighted by atomic mass is 32.2. The molecule has 16 heavy (non-hydrogen) atoms. The molecule has 1 aliphatic heterocycles. The van der Waals surface area contributed by atoms with Crippen LogP contribution < -0.4 is 11.1 Å². The topological polar surface area (TPSA) is 92.5 Å². The number of hydrogen-bond acceptors (Lipinski definition) is 4. The largest absolute Gasteiger partial charge is 0.369 e. The van der Waals surface area contributed by atoms with Gasteiger partial charge in [-0.1, -0.05) is 0 Å². The molecule has 1 amide bonds. The molecule has 1 heterocycles. The van der Waals surface area contributed by atoms with Crippen molar-refractivity contribution in [3.63, 3.8) is 0 Å². The van der Waals surface area contributed by atoms with Crippen LogP contribution in [0.15, 0.2) is 23.9 Å². The highest BCUT2D eigenvalue weighted by molar-refractivity contribution is 7.88. The third-order valence-corrected chi connectivity index (χ3v) is 3.25. The highest BCUT2D eigenvalue weighted by Gasteiger charge is 2.23. The summed E-state index contributed by atoms with van der Waals surface area (Å²) in [5.41, 5.74) is 5.77. The fraction of sp³-hybridized carbons (Fsp3) is 0.444. The average Bonchev–Trinajstić information content (AvgIpc) is 2.14. The van der Waals surface area contributed by atoms with Crippen LogP contribution in [0.4, 0.5) is 0 Å². The van der Waals surface area contributed by atoms with Gasteiger partial charge in [0.05, 0.1) is 12.7 Å². The van der Waals surface area contributed by atoms with Crippen LogP contribution in [0.25, 0.3) is 0 Å². The summed E-state index contributed by atoms with van der Waals surface area (Å²) in [5.74, 6) is -0.446. The van der Waals surface area contributed by atoms with Crippen molar-refractivity contribution in [2.45, 2.75) is 12.6 Å². The normalized spacial score (nSPS) is 20.8. The number of sulfonamides is 1. The Morgan fingerprint density at radius 1 is 1.62 bits per heavy atom. The van der Waals surface area contributed by atoms with Gasteiger partial charge in [-0.2, -0.15) is 0 Å². The molecule has 0 aromatic carbocycles. The van der Waals surface area contributed by atoms with Gasteiger partial charge in [0.1, 0.15) is 6.17 Å². The summed E-state index contributed by atoms with van der Waals surface area (Å²) in [7, 11) is -1.68. The molecule has 7 heteroatoms. The molecular weight excluding hydrogens is 230 g/mol. The molecule has 0 radical (unpaired) electrons. The van der Waals surface area contributed by atoms with Crippen LogP contribution in [-0.2, 0) is 14.8 Å². The predicted molar refractivity (Wildman–Crippen MR) is 60.6 cm³/mol. The van der Waals surface area contributed by atoms with Crippen LogP contribution in [0.1, 0.15) is 6.42 Å². The van der Waals surface area contributed by atoms with Crippen LogP contribution >= 0.6 is 0 Å². The summed E-state index contributed by atoms with van der Waals surface area (Å²) in [6, 6.07) is 0. The Morgan fingerprint density at radius 3 is 2.69 bits per heavy atom. The summed E-state index contributed by atoms with van der Waals surface area (Å²) in [6.45, 7) is 0. The Kier molecular flexibility index (Phi) is 3.71. The molecular formula is C9H15N3O3S. The molecule has 6 nitrogen and oxygen atoms in total. The molecule has 1 aliphatic rings. The van der Waals surface area contributed by atoms with Gasteiger partial charge in [-0.05, 0) is 24.8 Å².